The lowest BCUT2D eigenvalue weighted by Crippen LogP contribution is -2.32. The molecular weight excluding hydrogens is 134 g/mol. The summed E-state index contributed by atoms with van der Waals surface area (Å²) in [6.45, 7) is 0.469. The van der Waals surface area contributed by atoms with Crippen LogP contribution in [0.3, 0.4) is 0 Å². The molecule has 4 heteroatoms. The normalized spacial score (nSPS) is 34.6. The van der Waals surface area contributed by atoms with Crippen LogP contribution >= 0.6 is 0 Å². The molecule has 0 aliphatic carbocycles. The van der Waals surface area contributed by atoms with Crippen LogP contribution in [-0.4, -0.2) is 46.8 Å². The molecule has 1 fully saturated rings. The van der Waals surface area contributed by atoms with Gasteiger partial charge in [-0.2, -0.15) is 0 Å². The van der Waals surface area contributed by atoms with Crippen molar-refractivity contribution in [1.29, 1.82) is 0 Å². The molecule has 0 saturated carbocycles. The van der Waals surface area contributed by atoms with Gasteiger partial charge in [-0.3, -0.25) is 9.69 Å². The first-order valence-corrected chi connectivity index (χ1v) is 3.22. The molecule has 2 N–H and O–H groups in total. The lowest BCUT2D eigenvalue weighted by atomic mass is 10.2. The van der Waals surface area contributed by atoms with Crippen molar-refractivity contribution in [2.75, 3.05) is 13.6 Å². The van der Waals surface area contributed by atoms with Gasteiger partial charge in [0.1, 0.15) is 6.04 Å². The number of hydrogen-bond donors (Lipinski definition) is 2. The highest BCUT2D eigenvalue weighted by molar-refractivity contribution is 5.73. The standard InChI is InChI=1S/C6H11NO3/c1-7-3-4(8)2-5(7)6(9)10/h4-5,8H,2-3H2,1H3,(H,9,10)/t4-,5-/m1/s1. The highest BCUT2D eigenvalue weighted by Crippen LogP contribution is 2.14. The van der Waals surface area contributed by atoms with Crippen molar-refractivity contribution in [2.45, 2.75) is 18.6 Å². The molecule has 1 heterocycles. The van der Waals surface area contributed by atoms with Crippen LogP contribution in [0.5, 0.6) is 0 Å². The Morgan fingerprint density at radius 1 is 1.70 bits per heavy atom. The number of rotatable bonds is 1. The number of β-amino-alcohol motifs (C(OH)–C–C–N with tert-alkyl or cyclic N) is 1. The van der Waals surface area contributed by atoms with Crippen LogP contribution in [0.25, 0.3) is 0 Å². The molecule has 1 rings (SSSR count). The largest absolute Gasteiger partial charge is 0.480 e. The van der Waals surface area contributed by atoms with E-state index in [2.05, 4.69) is 0 Å². The first-order chi connectivity index (χ1) is 4.61. The van der Waals surface area contributed by atoms with E-state index in [1.165, 1.54) is 0 Å². The summed E-state index contributed by atoms with van der Waals surface area (Å²) in [4.78, 5) is 12.1. The molecule has 10 heavy (non-hydrogen) atoms. The van der Waals surface area contributed by atoms with Gasteiger partial charge >= 0.3 is 5.97 Å². The minimum Gasteiger partial charge on any atom is -0.480 e. The zero-order valence-corrected chi connectivity index (χ0v) is 5.82. The fourth-order valence-corrected chi connectivity index (χ4v) is 1.26. The van der Waals surface area contributed by atoms with Crippen molar-refractivity contribution in [3.63, 3.8) is 0 Å². The number of likely N-dealkylation sites (tertiary alicyclic amines) is 1. The number of carbonyl (C=O) groups is 1. The van der Waals surface area contributed by atoms with Gasteiger partial charge in [-0.25, -0.2) is 0 Å². The molecular formula is C6H11NO3. The first-order valence-electron chi connectivity index (χ1n) is 3.22. The maximum atomic E-state index is 10.4. The van der Waals surface area contributed by atoms with Crippen LogP contribution in [0, 0.1) is 0 Å². The van der Waals surface area contributed by atoms with Gasteiger partial charge in [-0.15, -0.1) is 0 Å². The molecule has 1 saturated heterocycles. The summed E-state index contributed by atoms with van der Waals surface area (Å²) in [6.07, 6.45) is -0.114. The summed E-state index contributed by atoms with van der Waals surface area (Å²) in [6, 6.07) is -0.491. The van der Waals surface area contributed by atoms with Crippen molar-refractivity contribution >= 4 is 5.97 Å². The molecule has 0 aromatic rings. The highest BCUT2D eigenvalue weighted by Gasteiger charge is 2.32. The fraction of sp³-hybridized carbons (Fsp3) is 0.833. The maximum absolute atomic E-state index is 10.4. The van der Waals surface area contributed by atoms with Crippen LogP contribution in [-0.2, 0) is 4.79 Å². The minimum atomic E-state index is -0.848. The predicted octanol–water partition coefficient (Wildman–Crippen LogP) is -0.864. The molecule has 0 spiro atoms. The average molecular weight is 145 g/mol. The van der Waals surface area contributed by atoms with E-state index in [1.807, 2.05) is 0 Å². The van der Waals surface area contributed by atoms with E-state index in [-0.39, 0.29) is 0 Å². The number of likely N-dealkylation sites (N-methyl/N-ethyl adjacent to an activating group) is 1. The number of carboxylic acids is 1. The topological polar surface area (TPSA) is 60.8 Å². The third-order valence-corrected chi connectivity index (χ3v) is 1.81. The summed E-state index contributed by atoms with van der Waals surface area (Å²) >= 11 is 0. The maximum Gasteiger partial charge on any atom is 0.321 e. The van der Waals surface area contributed by atoms with Crippen LogP contribution in [0.15, 0.2) is 0 Å². The molecule has 0 aromatic heterocycles. The number of aliphatic hydroxyl groups excluding tert-OH is 1. The number of hydrogen-bond acceptors (Lipinski definition) is 3. The van der Waals surface area contributed by atoms with Gasteiger partial charge in [-0.1, -0.05) is 0 Å². The van der Waals surface area contributed by atoms with E-state index in [9.17, 15) is 4.79 Å². The van der Waals surface area contributed by atoms with Crippen molar-refractivity contribution in [3.8, 4) is 0 Å². The Balaban J connectivity index is 2.54. The lowest BCUT2D eigenvalue weighted by Gasteiger charge is -2.12. The van der Waals surface area contributed by atoms with Crippen LogP contribution in [0.2, 0.25) is 0 Å². The second kappa shape index (κ2) is 2.56. The lowest BCUT2D eigenvalue weighted by molar-refractivity contribution is -0.141. The zero-order chi connectivity index (χ0) is 7.72. The first kappa shape index (κ1) is 7.50. The average Bonchev–Trinajstić information content (AvgIpc) is 2.10. The molecule has 1 aliphatic rings. The van der Waals surface area contributed by atoms with Gasteiger partial charge in [-0.05, 0) is 7.05 Å². The minimum absolute atomic E-state index is 0.353. The van der Waals surface area contributed by atoms with Gasteiger partial charge < -0.3 is 10.2 Å². The summed E-state index contributed by atoms with van der Waals surface area (Å²) in [7, 11) is 1.70. The smallest absolute Gasteiger partial charge is 0.321 e. The molecule has 58 valence electrons. The van der Waals surface area contributed by atoms with Gasteiger partial charge in [0.25, 0.3) is 0 Å². The highest BCUT2D eigenvalue weighted by atomic mass is 16.4. The summed E-state index contributed by atoms with van der Waals surface area (Å²) in [5.41, 5.74) is 0. The number of carboxylic acid groups (broad SMARTS) is 1. The Hall–Kier alpha value is -0.610. The fourth-order valence-electron chi connectivity index (χ4n) is 1.26. The number of aliphatic carboxylic acids is 1. The molecule has 0 amide bonds. The molecule has 0 bridgehead atoms. The predicted molar refractivity (Wildman–Crippen MR) is 34.7 cm³/mol. The van der Waals surface area contributed by atoms with Crippen molar-refractivity contribution < 1.29 is 15.0 Å². The molecule has 1 aliphatic heterocycles. The van der Waals surface area contributed by atoms with E-state index < -0.39 is 18.1 Å². The molecule has 2 atom stereocenters. The van der Waals surface area contributed by atoms with Crippen LogP contribution < -0.4 is 0 Å². The molecule has 4 nitrogen and oxygen atoms in total. The third kappa shape index (κ3) is 1.27. The second-order valence-electron chi connectivity index (χ2n) is 2.68. The Bertz CT molecular complexity index is 148. The third-order valence-electron chi connectivity index (χ3n) is 1.81. The number of nitrogens with zero attached hydrogens (tertiary/aromatic N) is 1. The SMILES string of the molecule is CN1C[C@H](O)C[C@@H]1C(=O)O. The number of aliphatic hydroxyl groups is 1. The molecule has 0 aromatic carbocycles. The Labute approximate surface area is 59.1 Å². The van der Waals surface area contributed by atoms with Gasteiger partial charge in [0.2, 0.25) is 0 Å². The van der Waals surface area contributed by atoms with E-state index in [1.54, 1.807) is 11.9 Å². The quantitative estimate of drug-likeness (QED) is 0.504. The Kier molecular flexibility index (Phi) is 1.92. The van der Waals surface area contributed by atoms with Crippen molar-refractivity contribution in [3.05, 3.63) is 0 Å². The van der Waals surface area contributed by atoms with Gasteiger partial charge in [0, 0.05) is 13.0 Å². The van der Waals surface area contributed by atoms with E-state index >= 15 is 0 Å². The monoisotopic (exact) mass is 145 g/mol. The van der Waals surface area contributed by atoms with Crippen molar-refractivity contribution in [1.82, 2.24) is 4.90 Å². The van der Waals surface area contributed by atoms with E-state index in [0.29, 0.717) is 13.0 Å². The summed E-state index contributed by atoms with van der Waals surface area (Å²) < 4.78 is 0. The van der Waals surface area contributed by atoms with Crippen LogP contribution in [0.1, 0.15) is 6.42 Å². The van der Waals surface area contributed by atoms with Crippen molar-refractivity contribution in [2.24, 2.45) is 0 Å². The Morgan fingerprint density at radius 3 is 2.50 bits per heavy atom. The molecule has 0 unspecified atom stereocenters. The Morgan fingerprint density at radius 2 is 2.30 bits per heavy atom. The zero-order valence-electron chi connectivity index (χ0n) is 5.82. The molecule has 0 radical (unpaired) electrons. The summed E-state index contributed by atoms with van der Waals surface area (Å²) in [5, 5.41) is 17.6. The summed E-state index contributed by atoms with van der Waals surface area (Å²) in [5.74, 6) is -0.848. The van der Waals surface area contributed by atoms with Gasteiger partial charge in [0.05, 0.1) is 6.10 Å². The van der Waals surface area contributed by atoms with E-state index in [4.69, 9.17) is 10.2 Å². The van der Waals surface area contributed by atoms with Crippen LogP contribution in [0.4, 0.5) is 0 Å². The van der Waals surface area contributed by atoms with E-state index in [0.717, 1.165) is 0 Å². The van der Waals surface area contributed by atoms with Gasteiger partial charge in [0.15, 0.2) is 0 Å². The second-order valence-corrected chi connectivity index (χ2v) is 2.68.